The molecule has 4 aromatic rings. The van der Waals surface area contributed by atoms with Crippen LogP contribution in [-0.2, 0) is 6.54 Å². The van der Waals surface area contributed by atoms with Crippen molar-refractivity contribution in [3.63, 3.8) is 0 Å². The van der Waals surface area contributed by atoms with Crippen LogP contribution in [0.3, 0.4) is 0 Å². The van der Waals surface area contributed by atoms with Crippen LogP contribution in [0.4, 0.5) is 14.7 Å². The third kappa shape index (κ3) is 5.22. The van der Waals surface area contributed by atoms with Gasteiger partial charge in [-0.2, -0.15) is 0 Å². The third-order valence-electron chi connectivity index (χ3n) is 5.98. The predicted octanol–water partition coefficient (Wildman–Crippen LogP) is 0.119. The fourth-order valence-corrected chi connectivity index (χ4v) is 4.21. The van der Waals surface area contributed by atoms with Crippen molar-refractivity contribution in [1.82, 2.24) is 24.4 Å². The van der Waals surface area contributed by atoms with Crippen molar-refractivity contribution >= 4 is 22.8 Å². The fraction of sp³-hybridized carbons (Fsp3) is 0.208. The summed E-state index contributed by atoms with van der Waals surface area (Å²) < 4.78 is 30.0. The van der Waals surface area contributed by atoms with E-state index in [4.69, 9.17) is 0 Å². The Labute approximate surface area is 208 Å². The Bertz CT molecular complexity index is 1530. The molecule has 0 spiro atoms. The molecule has 0 saturated carbocycles. The SMILES string of the molecule is O.O.O=C(c1cc(Cn2c(=O)[nH]c(=O)c3c(F)cccc32)ccc1F)N1CCN(c2ncccn2)CC1. The van der Waals surface area contributed by atoms with Crippen molar-refractivity contribution in [3.8, 4) is 0 Å². The number of halogens is 2. The summed E-state index contributed by atoms with van der Waals surface area (Å²) in [7, 11) is 0. The molecule has 0 radical (unpaired) electrons. The zero-order valence-corrected chi connectivity index (χ0v) is 19.4. The van der Waals surface area contributed by atoms with Gasteiger partial charge in [0, 0.05) is 38.6 Å². The number of fused-ring (bicyclic) bond motifs is 1. The van der Waals surface area contributed by atoms with Gasteiger partial charge in [0.05, 0.1) is 23.0 Å². The monoisotopic (exact) mass is 514 g/mol. The molecule has 5 N–H and O–H groups in total. The van der Waals surface area contributed by atoms with Gasteiger partial charge in [-0.1, -0.05) is 12.1 Å². The lowest BCUT2D eigenvalue weighted by Gasteiger charge is -2.34. The molecule has 1 aliphatic rings. The topological polar surface area (TPSA) is 167 Å². The number of hydrogen-bond acceptors (Lipinski definition) is 6. The van der Waals surface area contributed by atoms with E-state index in [1.54, 1.807) is 23.4 Å². The number of hydrogen-bond donors (Lipinski definition) is 1. The smallest absolute Gasteiger partial charge is 0.329 e. The Morgan fingerprint density at radius 3 is 2.32 bits per heavy atom. The second kappa shape index (κ2) is 11.1. The molecule has 11 nitrogen and oxygen atoms in total. The van der Waals surface area contributed by atoms with E-state index in [2.05, 4.69) is 15.0 Å². The lowest BCUT2D eigenvalue weighted by atomic mass is 10.1. The summed E-state index contributed by atoms with van der Waals surface area (Å²) in [6.45, 7) is 1.64. The summed E-state index contributed by atoms with van der Waals surface area (Å²) in [4.78, 5) is 51.7. The van der Waals surface area contributed by atoms with Crippen molar-refractivity contribution < 1.29 is 24.5 Å². The van der Waals surface area contributed by atoms with Crippen molar-refractivity contribution in [2.24, 2.45) is 0 Å². The summed E-state index contributed by atoms with van der Waals surface area (Å²) in [6.07, 6.45) is 3.29. The number of nitrogens with zero attached hydrogens (tertiary/aromatic N) is 5. The number of benzene rings is 2. The number of aromatic amines is 1. The highest BCUT2D eigenvalue weighted by Gasteiger charge is 2.25. The summed E-state index contributed by atoms with van der Waals surface area (Å²) in [5.41, 5.74) is -1.13. The van der Waals surface area contributed by atoms with Crippen LogP contribution in [0, 0.1) is 11.6 Å². The van der Waals surface area contributed by atoms with Crippen molar-refractivity contribution in [3.05, 3.63) is 98.5 Å². The van der Waals surface area contributed by atoms with Crippen LogP contribution in [0.15, 0.2) is 64.4 Å². The van der Waals surface area contributed by atoms with Crippen LogP contribution in [0.1, 0.15) is 15.9 Å². The van der Waals surface area contributed by atoms with Gasteiger partial charge in [0.2, 0.25) is 5.95 Å². The first-order valence-corrected chi connectivity index (χ1v) is 10.9. The molecule has 1 amide bonds. The highest BCUT2D eigenvalue weighted by Crippen LogP contribution is 2.18. The molecule has 0 unspecified atom stereocenters. The Morgan fingerprint density at radius 1 is 0.919 bits per heavy atom. The molecule has 0 atom stereocenters. The maximum Gasteiger partial charge on any atom is 0.329 e. The van der Waals surface area contributed by atoms with Crippen LogP contribution in [-0.4, -0.2) is 67.5 Å². The third-order valence-corrected chi connectivity index (χ3v) is 5.98. The molecule has 1 saturated heterocycles. The number of amides is 1. The first-order chi connectivity index (χ1) is 16.9. The van der Waals surface area contributed by atoms with E-state index in [9.17, 15) is 23.2 Å². The molecule has 194 valence electrons. The number of aromatic nitrogens is 4. The minimum absolute atomic E-state index is 0. The highest BCUT2D eigenvalue weighted by molar-refractivity contribution is 5.95. The van der Waals surface area contributed by atoms with Crippen LogP contribution >= 0.6 is 0 Å². The first kappa shape index (κ1) is 27.1. The van der Waals surface area contributed by atoms with Crippen LogP contribution < -0.4 is 16.1 Å². The zero-order chi connectivity index (χ0) is 24.5. The zero-order valence-electron chi connectivity index (χ0n) is 19.4. The standard InChI is InChI=1S/C24H20F2N6O3.2H2O/c25-17-6-5-15(14-32-19-4-1-3-18(26)20(19)21(33)29-24(32)35)13-16(17)22(34)30-9-11-31(12-10-30)23-27-7-2-8-28-23;;/h1-8,13H,9-12,14H2,(H,29,33,35);2*1H2. The van der Waals surface area contributed by atoms with E-state index >= 15 is 0 Å². The number of piperazine rings is 1. The average Bonchev–Trinajstić information content (AvgIpc) is 2.87. The van der Waals surface area contributed by atoms with Gasteiger partial charge in [0.15, 0.2) is 0 Å². The van der Waals surface area contributed by atoms with Gasteiger partial charge in [0.25, 0.3) is 11.5 Å². The number of rotatable bonds is 4. The Balaban J connectivity index is 0.00000190. The van der Waals surface area contributed by atoms with E-state index in [1.807, 2.05) is 4.90 Å². The second-order valence-corrected chi connectivity index (χ2v) is 8.12. The average molecular weight is 514 g/mol. The van der Waals surface area contributed by atoms with E-state index in [0.29, 0.717) is 37.7 Å². The summed E-state index contributed by atoms with van der Waals surface area (Å²) in [6, 6.07) is 9.69. The molecular weight excluding hydrogens is 490 g/mol. The molecule has 1 aliphatic heterocycles. The first-order valence-electron chi connectivity index (χ1n) is 10.9. The van der Waals surface area contributed by atoms with Gasteiger partial charge in [-0.3, -0.25) is 19.1 Å². The lowest BCUT2D eigenvalue weighted by Crippen LogP contribution is -2.49. The molecule has 3 heterocycles. The molecular formula is C24H24F2N6O5. The van der Waals surface area contributed by atoms with E-state index in [1.165, 1.54) is 28.8 Å². The Morgan fingerprint density at radius 2 is 1.62 bits per heavy atom. The predicted molar refractivity (Wildman–Crippen MR) is 132 cm³/mol. The van der Waals surface area contributed by atoms with E-state index in [0.717, 1.165) is 12.1 Å². The molecule has 37 heavy (non-hydrogen) atoms. The van der Waals surface area contributed by atoms with Crippen LogP contribution in [0.2, 0.25) is 0 Å². The molecule has 2 aromatic carbocycles. The minimum Gasteiger partial charge on any atom is -0.412 e. The van der Waals surface area contributed by atoms with Gasteiger partial charge < -0.3 is 20.8 Å². The molecule has 2 aromatic heterocycles. The molecule has 0 aliphatic carbocycles. The van der Waals surface area contributed by atoms with Gasteiger partial charge in [-0.15, -0.1) is 0 Å². The van der Waals surface area contributed by atoms with Crippen molar-refractivity contribution in [2.75, 3.05) is 31.1 Å². The number of H-pyrrole nitrogens is 1. The number of nitrogens with one attached hydrogen (secondary N) is 1. The molecule has 0 bridgehead atoms. The number of carbonyl (C=O) groups excluding carboxylic acids is 1. The molecule has 5 rings (SSSR count). The largest absolute Gasteiger partial charge is 0.412 e. The second-order valence-electron chi connectivity index (χ2n) is 8.12. The fourth-order valence-electron chi connectivity index (χ4n) is 4.21. The van der Waals surface area contributed by atoms with Crippen molar-refractivity contribution in [1.29, 1.82) is 0 Å². The lowest BCUT2D eigenvalue weighted by molar-refractivity contribution is 0.0741. The van der Waals surface area contributed by atoms with Gasteiger partial charge in [-0.05, 0) is 35.9 Å². The Kier molecular flexibility index (Phi) is 8.10. The van der Waals surface area contributed by atoms with Gasteiger partial charge in [0.1, 0.15) is 11.6 Å². The quantitative estimate of drug-likeness (QED) is 0.406. The number of anilines is 1. The van der Waals surface area contributed by atoms with E-state index < -0.39 is 28.8 Å². The van der Waals surface area contributed by atoms with Gasteiger partial charge in [-0.25, -0.2) is 23.5 Å². The Hall–Kier alpha value is -4.49. The normalized spacial score (nSPS) is 13.1. The molecule has 13 heteroatoms. The van der Waals surface area contributed by atoms with Gasteiger partial charge >= 0.3 is 5.69 Å². The number of carbonyl (C=O) groups is 1. The summed E-state index contributed by atoms with van der Waals surface area (Å²) in [5, 5.41) is -0.245. The summed E-state index contributed by atoms with van der Waals surface area (Å²) >= 11 is 0. The minimum atomic E-state index is -0.825. The van der Waals surface area contributed by atoms with Crippen LogP contribution in [0.5, 0.6) is 0 Å². The molecule has 1 fully saturated rings. The van der Waals surface area contributed by atoms with Crippen molar-refractivity contribution in [2.45, 2.75) is 6.54 Å². The summed E-state index contributed by atoms with van der Waals surface area (Å²) in [5.74, 6) is -1.34. The van der Waals surface area contributed by atoms with E-state index in [-0.39, 0.29) is 34.0 Å². The highest BCUT2D eigenvalue weighted by atomic mass is 19.1. The maximum absolute atomic E-state index is 14.7. The van der Waals surface area contributed by atoms with Crippen LogP contribution in [0.25, 0.3) is 10.9 Å². The maximum atomic E-state index is 14.7.